The van der Waals surface area contributed by atoms with Crippen LogP contribution in [0.25, 0.3) is 0 Å². The van der Waals surface area contributed by atoms with Gasteiger partial charge < -0.3 is 26.7 Å². The van der Waals surface area contributed by atoms with Gasteiger partial charge in [-0.2, -0.15) is 0 Å². The van der Waals surface area contributed by atoms with E-state index in [2.05, 4.69) is 9.73 Å². The lowest BCUT2D eigenvalue weighted by Gasteiger charge is -2.02. The molecule has 7 nitrogen and oxygen atoms in total. The Morgan fingerprint density at radius 3 is 2.46 bits per heavy atom. The van der Waals surface area contributed by atoms with Crippen molar-refractivity contribution in [3.8, 4) is 0 Å². The summed E-state index contributed by atoms with van der Waals surface area (Å²) in [6.45, 7) is 1.25. The molecular weight excluding hydrogens is 176 g/mol. The lowest BCUT2D eigenvalue weighted by molar-refractivity contribution is 0.0805. The highest BCUT2D eigenvalue weighted by Gasteiger charge is 1.98. The second-order valence-electron chi connectivity index (χ2n) is 2.05. The Morgan fingerprint density at radius 1 is 1.23 bits per heavy atom. The van der Waals surface area contributed by atoms with Gasteiger partial charge in [-0.05, 0) is 0 Å². The zero-order valence-electron chi connectivity index (χ0n) is 7.23. The van der Waals surface area contributed by atoms with Crippen molar-refractivity contribution in [3.05, 3.63) is 0 Å². The molecule has 0 unspecified atom stereocenters. The van der Waals surface area contributed by atoms with E-state index >= 15 is 0 Å². The fraction of sp³-hybridized carbons (Fsp3) is 0.667. The normalized spacial score (nSPS) is 9.31. The number of amides is 1. The number of carbonyl (C=O) groups is 1. The van der Waals surface area contributed by atoms with Gasteiger partial charge in [0.25, 0.3) is 0 Å². The molecule has 0 radical (unpaired) electrons. The van der Waals surface area contributed by atoms with Gasteiger partial charge in [0.05, 0.1) is 13.2 Å². The molecule has 0 atom stereocenters. The third-order valence-electron chi connectivity index (χ3n) is 0.936. The van der Waals surface area contributed by atoms with Crippen LogP contribution in [-0.2, 0) is 9.47 Å². The number of nitrogens with zero attached hydrogens (tertiary/aromatic N) is 1. The summed E-state index contributed by atoms with van der Waals surface area (Å²) < 4.78 is 9.47. The number of hydrogen-bond acceptors (Lipinski definition) is 4. The molecule has 7 heteroatoms. The molecule has 0 aliphatic carbocycles. The maximum atomic E-state index is 10.6. The molecule has 76 valence electrons. The van der Waals surface area contributed by atoms with Crippen LogP contribution in [0.5, 0.6) is 0 Å². The monoisotopic (exact) mass is 190 g/mol. The van der Waals surface area contributed by atoms with Gasteiger partial charge in [0.1, 0.15) is 6.61 Å². The van der Waals surface area contributed by atoms with E-state index in [1.807, 2.05) is 0 Å². The average Bonchev–Trinajstić information content (AvgIpc) is 2.02. The fourth-order valence-corrected chi connectivity index (χ4v) is 0.511. The van der Waals surface area contributed by atoms with Crippen LogP contribution < -0.4 is 17.2 Å². The molecule has 0 aromatic carbocycles. The second-order valence-corrected chi connectivity index (χ2v) is 2.05. The van der Waals surface area contributed by atoms with E-state index in [4.69, 9.17) is 21.9 Å². The Hall–Kier alpha value is -1.34. The molecule has 0 rings (SSSR count). The minimum Gasteiger partial charge on any atom is -0.445 e. The first-order valence-electron chi connectivity index (χ1n) is 3.71. The molecule has 0 saturated heterocycles. The highest BCUT2D eigenvalue weighted by Crippen LogP contribution is 1.83. The number of rotatable bonds is 5. The van der Waals surface area contributed by atoms with E-state index in [1.54, 1.807) is 0 Å². The Balaban J connectivity index is 3.33. The van der Waals surface area contributed by atoms with Crippen molar-refractivity contribution >= 4 is 12.1 Å². The summed E-state index contributed by atoms with van der Waals surface area (Å²) in [5.41, 5.74) is 15.0. The van der Waals surface area contributed by atoms with Gasteiger partial charge in [0, 0.05) is 6.54 Å². The Bertz CT molecular complexity index is 179. The standard InChI is InChI=1S/C6H14N4O3/c7-1-2-12-3-4-13-6(11)10-5(8)9/h1-4,7H2,(H4,8,9,10,11). The van der Waals surface area contributed by atoms with Crippen molar-refractivity contribution in [1.29, 1.82) is 0 Å². The van der Waals surface area contributed by atoms with E-state index in [1.165, 1.54) is 0 Å². The summed E-state index contributed by atoms with van der Waals surface area (Å²) in [5, 5.41) is 0. The van der Waals surface area contributed by atoms with Crippen molar-refractivity contribution in [2.24, 2.45) is 22.2 Å². The van der Waals surface area contributed by atoms with Crippen LogP contribution in [0.4, 0.5) is 4.79 Å². The van der Waals surface area contributed by atoms with Crippen molar-refractivity contribution < 1.29 is 14.3 Å². The lowest BCUT2D eigenvalue weighted by atomic mass is 10.7. The molecule has 13 heavy (non-hydrogen) atoms. The van der Waals surface area contributed by atoms with Gasteiger partial charge in [-0.3, -0.25) is 0 Å². The number of nitrogens with two attached hydrogens (primary N) is 3. The summed E-state index contributed by atoms with van der Waals surface area (Å²) in [5.74, 6) is -0.326. The van der Waals surface area contributed by atoms with Crippen LogP contribution >= 0.6 is 0 Å². The molecule has 0 spiro atoms. The third kappa shape index (κ3) is 8.57. The molecule has 0 bridgehead atoms. The first-order valence-corrected chi connectivity index (χ1v) is 3.71. The number of carbonyl (C=O) groups excluding carboxylic acids is 1. The SMILES string of the molecule is NCCOCCOC(=O)N=C(N)N. The van der Waals surface area contributed by atoms with Crippen LogP contribution in [-0.4, -0.2) is 38.4 Å². The maximum Gasteiger partial charge on any atom is 0.436 e. The molecule has 0 saturated carbocycles. The minimum absolute atomic E-state index is 0.107. The number of guanidine groups is 1. The summed E-state index contributed by atoms with van der Waals surface area (Å²) in [7, 11) is 0. The first kappa shape index (κ1) is 11.7. The van der Waals surface area contributed by atoms with E-state index in [0.717, 1.165) is 0 Å². The fourth-order valence-electron chi connectivity index (χ4n) is 0.511. The molecule has 0 aliphatic heterocycles. The molecule has 6 N–H and O–H groups in total. The molecule has 0 aliphatic rings. The lowest BCUT2D eigenvalue weighted by Crippen LogP contribution is -2.24. The largest absolute Gasteiger partial charge is 0.445 e. The van der Waals surface area contributed by atoms with Gasteiger partial charge in [0.15, 0.2) is 5.96 Å². The Labute approximate surface area is 75.9 Å². The van der Waals surface area contributed by atoms with Crippen LogP contribution in [0.3, 0.4) is 0 Å². The van der Waals surface area contributed by atoms with Crippen LogP contribution in [0.2, 0.25) is 0 Å². The molecule has 1 amide bonds. The van der Waals surface area contributed by atoms with Crippen molar-refractivity contribution in [1.82, 2.24) is 0 Å². The Morgan fingerprint density at radius 2 is 1.92 bits per heavy atom. The molecule has 0 fully saturated rings. The van der Waals surface area contributed by atoms with Crippen LogP contribution in [0.15, 0.2) is 4.99 Å². The van der Waals surface area contributed by atoms with Crippen LogP contribution in [0, 0.1) is 0 Å². The van der Waals surface area contributed by atoms with Gasteiger partial charge in [-0.1, -0.05) is 0 Å². The Kier molecular flexibility index (Phi) is 6.56. The maximum absolute atomic E-state index is 10.6. The average molecular weight is 190 g/mol. The quantitative estimate of drug-likeness (QED) is 0.271. The van der Waals surface area contributed by atoms with E-state index in [9.17, 15) is 4.79 Å². The first-order chi connectivity index (χ1) is 6.16. The zero-order valence-corrected chi connectivity index (χ0v) is 7.23. The highest BCUT2D eigenvalue weighted by atomic mass is 16.6. The highest BCUT2D eigenvalue weighted by molar-refractivity contribution is 5.87. The van der Waals surface area contributed by atoms with E-state index < -0.39 is 6.09 Å². The summed E-state index contributed by atoms with van der Waals surface area (Å²) in [6, 6.07) is 0. The van der Waals surface area contributed by atoms with Gasteiger partial charge >= 0.3 is 6.09 Å². The van der Waals surface area contributed by atoms with E-state index in [0.29, 0.717) is 13.2 Å². The van der Waals surface area contributed by atoms with Gasteiger partial charge in [-0.15, -0.1) is 4.99 Å². The molecule has 0 aromatic rings. The summed E-state index contributed by atoms with van der Waals surface area (Å²) in [6.07, 6.45) is -0.823. The van der Waals surface area contributed by atoms with Crippen molar-refractivity contribution in [3.63, 3.8) is 0 Å². The van der Waals surface area contributed by atoms with Crippen molar-refractivity contribution in [2.75, 3.05) is 26.4 Å². The third-order valence-corrected chi connectivity index (χ3v) is 0.936. The van der Waals surface area contributed by atoms with Crippen molar-refractivity contribution in [2.45, 2.75) is 0 Å². The predicted molar refractivity (Wildman–Crippen MR) is 47.0 cm³/mol. The predicted octanol–water partition coefficient (Wildman–Crippen LogP) is -1.63. The second kappa shape index (κ2) is 7.32. The summed E-state index contributed by atoms with van der Waals surface area (Å²) in [4.78, 5) is 13.8. The number of aliphatic imine (C=N–C) groups is 1. The topological polar surface area (TPSA) is 126 Å². The molecule has 0 aromatic heterocycles. The minimum atomic E-state index is -0.823. The van der Waals surface area contributed by atoms with Crippen LogP contribution in [0.1, 0.15) is 0 Å². The van der Waals surface area contributed by atoms with E-state index in [-0.39, 0.29) is 19.2 Å². The zero-order chi connectivity index (χ0) is 10.1. The molecule has 0 heterocycles. The van der Waals surface area contributed by atoms with Gasteiger partial charge in [0.2, 0.25) is 0 Å². The molecular formula is C6H14N4O3. The number of ether oxygens (including phenoxy) is 2. The summed E-state index contributed by atoms with van der Waals surface area (Å²) >= 11 is 0. The smallest absolute Gasteiger partial charge is 0.436 e. The number of hydrogen-bond donors (Lipinski definition) is 3. The van der Waals surface area contributed by atoms with Gasteiger partial charge in [-0.25, -0.2) is 4.79 Å².